The molecule has 0 spiro atoms. The fourth-order valence-corrected chi connectivity index (χ4v) is 3.06. The van der Waals surface area contributed by atoms with E-state index in [2.05, 4.69) is 14.6 Å². The van der Waals surface area contributed by atoms with E-state index in [0.717, 1.165) is 25.1 Å². The quantitative estimate of drug-likeness (QED) is 0.842. The van der Waals surface area contributed by atoms with Crippen molar-refractivity contribution in [2.24, 2.45) is 0 Å². The summed E-state index contributed by atoms with van der Waals surface area (Å²) in [5, 5.41) is 3.91. The zero-order valence-electron chi connectivity index (χ0n) is 10.6. The highest BCUT2D eigenvalue weighted by molar-refractivity contribution is 7.07. The molecule has 3 rings (SSSR count). The summed E-state index contributed by atoms with van der Waals surface area (Å²) in [6.45, 7) is 2.60. The van der Waals surface area contributed by atoms with Crippen LogP contribution in [0.4, 0.5) is 0 Å². The first-order valence-corrected chi connectivity index (χ1v) is 7.05. The molecule has 5 nitrogen and oxygen atoms in total. The van der Waals surface area contributed by atoms with Crippen molar-refractivity contribution in [2.75, 3.05) is 6.54 Å². The average molecular weight is 274 g/mol. The minimum atomic E-state index is 0.0284. The second kappa shape index (κ2) is 5.05. The van der Waals surface area contributed by atoms with E-state index in [1.807, 2.05) is 30.0 Å². The Kier molecular flexibility index (Phi) is 3.25. The summed E-state index contributed by atoms with van der Waals surface area (Å²) in [6, 6.07) is 5.91. The van der Waals surface area contributed by atoms with Gasteiger partial charge < -0.3 is 4.90 Å². The Hall–Kier alpha value is -1.82. The molecule has 1 unspecified atom stereocenters. The molecule has 0 aromatic carbocycles. The van der Waals surface area contributed by atoms with E-state index in [-0.39, 0.29) is 11.9 Å². The second-order valence-electron chi connectivity index (χ2n) is 4.60. The van der Waals surface area contributed by atoms with Gasteiger partial charge in [-0.15, -0.1) is 5.10 Å². The fourth-order valence-electron chi connectivity index (χ4n) is 2.45. The Bertz CT molecular complexity index is 583. The normalized spacial score (nSPS) is 18.8. The number of likely N-dealkylation sites (tertiary alicyclic amines) is 1. The Morgan fingerprint density at radius 1 is 1.47 bits per heavy atom. The maximum atomic E-state index is 12.5. The molecule has 3 heterocycles. The number of nitrogens with zero attached hydrogens (tertiary/aromatic N) is 4. The average Bonchev–Trinajstić information content (AvgIpc) is 3.07. The van der Waals surface area contributed by atoms with E-state index in [1.165, 1.54) is 11.5 Å². The maximum Gasteiger partial charge on any atom is 0.268 e. The van der Waals surface area contributed by atoms with Crippen LogP contribution in [0.2, 0.25) is 0 Å². The van der Waals surface area contributed by atoms with E-state index < -0.39 is 0 Å². The van der Waals surface area contributed by atoms with Gasteiger partial charge in [0, 0.05) is 12.7 Å². The predicted octanol–water partition coefficient (Wildman–Crippen LogP) is 2.22. The lowest BCUT2D eigenvalue weighted by Crippen LogP contribution is -2.30. The first-order valence-electron chi connectivity index (χ1n) is 6.28. The maximum absolute atomic E-state index is 12.5. The second-order valence-corrected chi connectivity index (χ2v) is 5.35. The van der Waals surface area contributed by atoms with E-state index in [0.29, 0.717) is 10.6 Å². The number of pyridine rings is 1. The zero-order valence-corrected chi connectivity index (χ0v) is 11.4. The third-order valence-electron chi connectivity index (χ3n) is 3.39. The minimum absolute atomic E-state index is 0.0284. The van der Waals surface area contributed by atoms with E-state index in [1.54, 1.807) is 6.20 Å². The lowest BCUT2D eigenvalue weighted by atomic mass is 10.1. The van der Waals surface area contributed by atoms with Gasteiger partial charge in [0.05, 0.1) is 17.4 Å². The van der Waals surface area contributed by atoms with Crippen molar-refractivity contribution in [3.05, 3.63) is 40.7 Å². The van der Waals surface area contributed by atoms with Crippen molar-refractivity contribution in [1.82, 2.24) is 19.5 Å². The van der Waals surface area contributed by atoms with Crippen LogP contribution in [0.3, 0.4) is 0 Å². The Labute approximate surface area is 115 Å². The molecule has 0 bridgehead atoms. The fraction of sp³-hybridized carbons (Fsp3) is 0.385. The number of amides is 1. The highest BCUT2D eigenvalue weighted by atomic mass is 32.1. The molecule has 0 aliphatic carbocycles. The van der Waals surface area contributed by atoms with Crippen molar-refractivity contribution in [3.63, 3.8) is 0 Å². The monoisotopic (exact) mass is 274 g/mol. The number of hydrogen-bond donors (Lipinski definition) is 0. The molecule has 1 aliphatic rings. The summed E-state index contributed by atoms with van der Waals surface area (Å²) in [6.07, 6.45) is 3.75. The Balaban J connectivity index is 1.88. The van der Waals surface area contributed by atoms with Gasteiger partial charge >= 0.3 is 0 Å². The van der Waals surface area contributed by atoms with E-state index in [4.69, 9.17) is 0 Å². The van der Waals surface area contributed by atoms with Crippen molar-refractivity contribution in [2.45, 2.75) is 25.8 Å². The summed E-state index contributed by atoms with van der Waals surface area (Å²) in [7, 11) is 0. The molecule has 2 aromatic heterocycles. The Morgan fingerprint density at radius 2 is 2.37 bits per heavy atom. The molecule has 6 heteroatoms. The van der Waals surface area contributed by atoms with Gasteiger partial charge in [-0.1, -0.05) is 10.6 Å². The van der Waals surface area contributed by atoms with Crippen molar-refractivity contribution in [3.8, 4) is 0 Å². The molecule has 0 radical (unpaired) electrons. The van der Waals surface area contributed by atoms with Gasteiger partial charge in [0.25, 0.3) is 5.91 Å². The summed E-state index contributed by atoms with van der Waals surface area (Å²) in [4.78, 5) is 19.5. The van der Waals surface area contributed by atoms with Gasteiger partial charge in [-0.3, -0.25) is 9.78 Å². The van der Waals surface area contributed by atoms with E-state index >= 15 is 0 Å². The SMILES string of the molecule is Cc1nnsc1C(=O)N1CCCC1c1ccccn1. The standard InChI is InChI=1S/C13H14N4OS/c1-9-12(19-16-15-9)13(18)17-8-4-6-11(17)10-5-2-3-7-14-10/h2-3,5,7,11H,4,6,8H2,1H3. The number of hydrogen-bond acceptors (Lipinski definition) is 5. The summed E-state index contributed by atoms with van der Waals surface area (Å²) in [5.41, 5.74) is 1.67. The van der Waals surface area contributed by atoms with Crippen LogP contribution < -0.4 is 0 Å². The number of carbonyl (C=O) groups excluding carboxylic acids is 1. The number of aryl methyl sites for hydroxylation is 1. The molecule has 98 valence electrons. The molecule has 1 amide bonds. The topological polar surface area (TPSA) is 59.0 Å². The van der Waals surface area contributed by atoms with Crippen LogP contribution in [0, 0.1) is 6.92 Å². The highest BCUT2D eigenvalue weighted by Gasteiger charge is 2.32. The van der Waals surface area contributed by atoms with Gasteiger partial charge in [-0.05, 0) is 43.4 Å². The summed E-state index contributed by atoms with van der Waals surface area (Å²) in [5.74, 6) is 0.0284. The number of aromatic nitrogens is 3. The lowest BCUT2D eigenvalue weighted by molar-refractivity contribution is 0.0737. The lowest BCUT2D eigenvalue weighted by Gasteiger charge is -2.23. The highest BCUT2D eigenvalue weighted by Crippen LogP contribution is 2.32. The zero-order chi connectivity index (χ0) is 13.2. The largest absolute Gasteiger partial charge is 0.329 e. The van der Waals surface area contributed by atoms with Crippen LogP contribution in [0.25, 0.3) is 0 Å². The molecule has 2 aromatic rings. The molecule has 1 fully saturated rings. The molecule has 1 aliphatic heterocycles. The molecular formula is C13H14N4OS. The predicted molar refractivity (Wildman–Crippen MR) is 71.9 cm³/mol. The first kappa shape index (κ1) is 12.2. The van der Waals surface area contributed by atoms with Crippen molar-refractivity contribution in [1.29, 1.82) is 0 Å². The van der Waals surface area contributed by atoms with Crippen LogP contribution in [0.15, 0.2) is 24.4 Å². The van der Waals surface area contributed by atoms with E-state index in [9.17, 15) is 4.79 Å². The summed E-state index contributed by atoms with van der Waals surface area (Å²) < 4.78 is 3.84. The molecule has 1 saturated heterocycles. The number of rotatable bonds is 2. The molecule has 0 saturated carbocycles. The van der Waals surface area contributed by atoms with Crippen molar-refractivity contribution < 1.29 is 4.79 Å². The van der Waals surface area contributed by atoms with Crippen LogP contribution in [-0.4, -0.2) is 31.9 Å². The van der Waals surface area contributed by atoms with Crippen LogP contribution in [0.1, 0.15) is 39.9 Å². The number of carbonyl (C=O) groups is 1. The molecule has 19 heavy (non-hydrogen) atoms. The summed E-state index contributed by atoms with van der Waals surface area (Å²) >= 11 is 1.17. The van der Waals surface area contributed by atoms with Gasteiger partial charge in [-0.25, -0.2) is 0 Å². The third kappa shape index (κ3) is 2.23. The molecule has 0 N–H and O–H groups in total. The Morgan fingerprint density at radius 3 is 3.05 bits per heavy atom. The van der Waals surface area contributed by atoms with Gasteiger partial charge in [0.15, 0.2) is 0 Å². The van der Waals surface area contributed by atoms with Gasteiger partial charge in [0.2, 0.25) is 0 Å². The van der Waals surface area contributed by atoms with Gasteiger partial charge in [0.1, 0.15) is 4.88 Å². The van der Waals surface area contributed by atoms with Crippen LogP contribution in [-0.2, 0) is 0 Å². The van der Waals surface area contributed by atoms with Crippen LogP contribution in [0.5, 0.6) is 0 Å². The van der Waals surface area contributed by atoms with Crippen LogP contribution >= 0.6 is 11.5 Å². The smallest absolute Gasteiger partial charge is 0.268 e. The molecule has 1 atom stereocenters. The molecular weight excluding hydrogens is 260 g/mol. The first-order chi connectivity index (χ1) is 9.27. The van der Waals surface area contributed by atoms with Crippen molar-refractivity contribution >= 4 is 17.4 Å². The third-order valence-corrected chi connectivity index (χ3v) is 4.20. The van der Waals surface area contributed by atoms with Gasteiger partial charge in [-0.2, -0.15) is 0 Å². The minimum Gasteiger partial charge on any atom is -0.329 e.